The molecule has 9 heteroatoms. The Bertz CT molecular complexity index is 973. The Balaban J connectivity index is 3.50. The van der Waals surface area contributed by atoms with Crippen molar-refractivity contribution in [2.45, 2.75) is 124 Å². The smallest absolute Gasteiger partial charge is 0.408 e. The van der Waals surface area contributed by atoms with Crippen LogP contribution in [0, 0.1) is 13.8 Å². The summed E-state index contributed by atoms with van der Waals surface area (Å²) in [5, 5.41) is 5.54. The molecule has 0 fully saturated rings. The highest BCUT2D eigenvalue weighted by molar-refractivity contribution is 5.94. The monoisotopic (exact) mass is 560 g/mol. The molecule has 2 atom stereocenters. The molecule has 0 bridgehead atoms. The largest absolute Gasteiger partial charge is 0.444 e. The van der Waals surface area contributed by atoms with E-state index in [-0.39, 0.29) is 12.5 Å². The molecule has 40 heavy (non-hydrogen) atoms. The second kappa shape index (κ2) is 17.6. The van der Waals surface area contributed by atoms with Crippen molar-refractivity contribution in [3.63, 3.8) is 0 Å². The number of carbonyl (C=O) groups excluding carboxylic acids is 4. The Labute approximate surface area is 241 Å². The number of alkyl carbamates (subject to hydrolysis) is 1. The molecule has 4 N–H and O–H groups in total. The molecule has 0 saturated carbocycles. The Morgan fingerprint density at radius 1 is 0.950 bits per heavy atom. The summed E-state index contributed by atoms with van der Waals surface area (Å²) in [5.41, 5.74) is 7.31. The van der Waals surface area contributed by atoms with Gasteiger partial charge in [-0.1, -0.05) is 70.6 Å². The average molecular weight is 561 g/mol. The van der Waals surface area contributed by atoms with Gasteiger partial charge in [0.25, 0.3) is 0 Å². The summed E-state index contributed by atoms with van der Waals surface area (Å²) in [6, 6.07) is 3.49. The minimum atomic E-state index is -1.27. The molecule has 9 nitrogen and oxygen atoms in total. The highest BCUT2D eigenvalue weighted by Gasteiger charge is 2.37. The van der Waals surface area contributed by atoms with Crippen LogP contribution in [0.15, 0.2) is 18.2 Å². The number of primary amides is 1. The van der Waals surface area contributed by atoms with Gasteiger partial charge in [-0.2, -0.15) is 0 Å². The fourth-order valence-electron chi connectivity index (χ4n) is 4.49. The van der Waals surface area contributed by atoms with Gasteiger partial charge >= 0.3 is 6.09 Å². The molecule has 1 aromatic rings. The summed E-state index contributed by atoms with van der Waals surface area (Å²) in [5.74, 6) is -1.59. The Kier molecular flexibility index (Phi) is 15.3. The van der Waals surface area contributed by atoms with Crippen molar-refractivity contribution in [1.29, 1.82) is 0 Å². The van der Waals surface area contributed by atoms with Gasteiger partial charge in [0.2, 0.25) is 17.7 Å². The number of hydrogen-bond donors (Lipinski definition) is 3. The molecule has 0 heterocycles. The minimum Gasteiger partial charge on any atom is -0.444 e. The summed E-state index contributed by atoms with van der Waals surface area (Å²) in [6.45, 7) is 14.0. The number of ether oxygens (including phenoxy) is 1. The van der Waals surface area contributed by atoms with Gasteiger partial charge in [-0.15, -0.1) is 0 Å². The first-order valence-electron chi connectivity index (χ1n) is 14.7. The Morgan fingerprint density at radius 3 is 2.17 bits per heavy atom. The molecule has 1 rings (SSSR count). The van der Waals surface area contributed by atoms with Crippen LogP contribution in [0.3, 0.4) is 0 Å². The van der Waals surface area contributed by atoms with Gasteiger partial charge in [0.05, 0.1) is 6.42 Å². The second-order valence-corrected chi connectivity index (χ2v) is 11.5. The maximum atomic E-state index is 14.2. The van der Waals surface area contributed by atoms with E-state index in [0.717, 1.165) is 56.1 Å². The average Bonchev–Trinajstić information content (AvgIpc) is 2.85. The molecule has 0 radical (unpaired) electrons. The van der Waals surface area contributed by atoms with Crippen LogP contribution in [-0.2, 0) is 19.1 Å². The summed E-state index contributed by atoms with van der Waals surface area (Å²) < 4.78 is 5.36. The number of amides is 4. The Morgan fingerprint density at radius 2 is 1.57 bits per heavy atom. The predicted molar refractivity (Wildman–Crippen MR) is 159 cm³/mol. The molecule has 0 aliphatic rings. The zero-order valence-electron chi connectivity index (χ0n) is 25.7. The van der Waals surface area contributed by atoms with Crippen LogP contribution in [0.25, 0.3) is 0 Å². The number of benzene rings is 1. The predicted octanol–water partition coefficient (Wildman–Crippen LogP) is 5.22. The van der Waals surface area contributed by atoms with Crippen molar-refractivity contribution < 1.29 is 23.9 Å². The van der Waals surface area contributed by atoms with Gasteiger partial charge in [0.15, 0.2) is 0 Å². The molecule has 4 amide bonds. The minimum absolute atomic E-state index is 0.287. The molecular weight excluding hydrogens is 508 g/mol. The molecule has 226 valence electrons. The maximum absolute atomic E-state index is 14.2. The van der Waals surface area contributed by atoms with Crippen molar-refractivity contribution in [1.82, 2.24) is 15.5 Å². The van der Waals surface area contributed by atoms with Crippen LogP contribution in [0.2, 0.25) is 0 Å². The number of hydrogen-bond acceptors (Lipinski definition) is 5. The van der Waals surface area contributed by atoms with E-state index in [2.05, 4.69) is 17.6 Å². The lowest BCUT2D eigenvalue weighted by molar-refractivity contribution is -0.143. The highest BCUT2D eigenvalue weighted by Crippen LogP contribution is 2.28. The normalized spacial score (nSPS) is 12.8. The van der Waals surface area contributed by atoms with Crippen LogP contribution in [0.4, 0.5) is 4.79 Å². The lowest BCUT2D eigenvalue weighted by atomic mass is 9.94. The van der Waals surface area contributed by atoms with Gasteiger partial charge in [0.1, 0.15) is 17.7 Å². The number of nitrogens with zero attached hydrogens (tertiary/aromatic N) is 1. The Hall–Kier alpha value is -3.10. The first-order chi connectivity index (χ1) is 18.8. The molecule has 0 aliphatic carbocycles. The van der Waals surface area contributed by atoms with Crippen LogP contribution in [0.5, 0.6) is 0 Å². The summed E-state index contributed by atoms with van der Waals surface area (Å²) >= 11 is 0. The number of rotatable bonds is 17. The standard InChI is InChI=1S/C31H52N4O5/c1-8-10-12-13-14-15-20-35(29(38)25(21-26(32)36)34-30(39)40-31(5,6)7)27(28(37)33-19-11-9-2)24-18-16-17-22(3)23(24)4/h16-18,25,27H,8-15,19-21H2,1-7H3,(H2,32,36)(H,33,37)(H,34,39). The fourth-order valence-corrected chi connectivity index (χ4v) is 4.49. The van der Waals surface area contributed by atoms with E-state index < -0.39 is 42.0 Å². The number of nitrogens with one attached hydrogen (secondary N) is 2. The van der Waals surface area contributed by atoms with E-state index >= 15 is 0 Å². The van der Waals surface area contributed by atoms with Crippen LogP contribution in [0.1, 0.15) is 115 Å². The van der Waals surface area contributed by atoms with Crippen LogP contribution < -0.4 is 16.4 Å². The van der Waals surface area contributed by atoms with Gasteiger partial charge in [-0.25, -0.2) is 4.79 Å². The second-order valence-electron chi connectivity index (χ2n) is 11.5. The van der Waals surface area contributed by atoms with E-state index in [4.69, 9.17) is 10.5 Å². The van der Waals surface area contributed by atoms with E-state index in [1.165, 1.54) is 4.90 Å². The molecule has 0 saturated heterocycles. The number of aryl methyl sites for hydroxylation is 1. The van der Waals surface area contributed by atoms with Crippen molar-refractivity contribution in [3.8, 4) is 0 Å². The summed E-state index contributed by atoms with van der Waals surface area (Å²) in [6.07, 6.45) is 6.44. The molecular formula is C31H52N4O5. The fraction of sp³-hybridized carbons (Fsp3) is 0.677. The molecule has 0 aromatic heterocycles. The number of nitrogens with two attached hydrogens (primary N) is 1. The van der Waals surface area contributed by atoms with E-state index in [9.17, 15) is 19.2 Å². The highest BCUT2D eigenvalue weighted by atomic mass is 16.6. The third-order valence-corrected chi connectivity index (χ3v) is 6.76. The summed E-state index contributed by atoms with van der Waals surface area (Å²) in [4.78, 5) is 54.1. The van der Waals surface area contributed by atoms with E-state index in [1.807, 2.05) is 39.0 Å². The zero-order chi connectivity index (χ0) is 30.3. The molecule has 0 aliphatic heterocycles. The van der Waals surface area contributed by atoms with Crippen molar-refractivity contribution >= 4 is 23.8 Å². The first-order valence-corrected chi connectivity index (χ1v) is 14.7. The van der Waals surface area contributed by atoms with Gasteiger partial charge in [-0.3, -0.25) is 14.4 Å². The zero-order valence-corrected chi connectivity index (χ0v) is 25.7. The van der Waals surface area contributed by atoms with Crippen molar-refractivity contribution in [2.75, 3.05) is 13.1 Å². The van der Waals surface area contributed by atoms with E-state index in [1.54, 1.807) is 20.8 Å². The molecule has 1 aromatic carbocycles. The molecule has 2 unspecified atom stereocenters. The SMILES string of the molecule is CCCCCCCCN(C(=O)C(CC(N)=O)NC(=O)OC(C)(C)C)C(C(=O)NCCCC)c1cccc(C)c1C. The van der Waals surface area contributed by atoms with Crippen molar-refractivity contribution in [2.24, 2.45) is 5.73 Å². The summed E-state index contributed by atoms with van der Waals surface area (Å²) in [7, 11) is 0. The van der Waals surface area contributed by atoms with Crippen LogP contribution >= 0.6 is 0 Å². The third-order valence-electron chi connectivity index (χ3n) is 6.76. The van der Waals surface area contributed by atoms with Gasteiger partial charge in [-0.05, 0) is 64.2 Å². The van der Waals surface area contributed by atoms with Crippen LogP contribution in [-0.4, -0.2) is 53.4 Å². The quantitative estimate of drug-likeness (QED) is 0.225. The lowest BCUT2D eigenvalue weighted by Crippen LogP contribution is -2.54. The lowest BCUT2D eigenvalue weighted by Gasteiger charge is -2.35. The maximum Gasteiger partial charge on any atom is 0.408 e. The van der Waals surface area contributed by atoms with E-state index in [0.29, 0.717) is 18.5 Å². The van der Waals surface area contributed by atoms with Gasteiger partial charge < -0.3 is 26.0 Å². The topological polar surface area (TPSA) is 131 Å². The molecule has 0 spiro atoms. The number of carbonyl (C=O) groups is 4. The third kappa shape index (κ3) is 12.4. The van der Waals surface area contributed by atoms with Gasteiger partial charge in [0, 0.05) is 13.1 Å². The number of unbranched alkanes of at least 4 members (excludes halogenated alkanes) is 6. The first kappa shape index (κ1) is 34.9. The van der Waals surface area contributed by atoms with Crippen molar-refractivity contribution in [3.05, 3.63) is 34.9 Å².